The zero-order chi connectivity index (χ0) is 17.6. The second-order valence-electron chi connectivity index (χ2n) is 6.51. The molecule has 7 heteroatoms. The van der Waals surface area contributed by atoms with Crippen LogP contribution in [0.3, 0.4) is 0 Å². The normalized spacial score (nSPS) is 17.6. The van der Waals surface area contributed by atoms with Crippen molar-refractivity contribution < 1.29 is 9.90 Å². The highest BCUT2D eigenvalue weighted by atomic mass is 16.4. The van der Waals surface area contributed by atoms with Crippen LogP contribution in [0.15, 0.2) is 30.3 Å². The maximum atomic E-state index is 11.7. The summed E-state index contributed by atoms with van der Waals surface area (Å²) in [6.45, 7) is 5.21. The minimum atomic E-state index is -0.822. The number of benzene rings is 1. The van der Waals surface area contributed by atoms with Gasteiger partial charge in [-0.05, 0) is 37.6 Å². The Balaban J connectivity index is 1.64. The Bertz CT molecular complexity index is 965. The maximum Gasteiger partial charge on any atom is 0.322 e. The highest BCUT2D eigenvalue weighted by Crippen LogP contribution is 2.22. The van der Waals surface area contributed by atoms with Gasteiger partial charge in [0.2, 0.25) is 0 Å². The van der Waals surface area contributed by atoms with Crippen LogP contribution in [-0.4, -0.2) is 41.8 Å². The summed E-state index contributed by atoms with van der Waals surface area (Å²) in [7, 11) is 0. The van der Waals surface area contributed by atoms with Crippen LogP contribution in [-0.2, 0) is 24.4 Å². The zero-order valence-corrected chi connectivity index (χ0v) is 14.2. The van der Waals surface area contributed by atoms with E-state index in [2.05, 4.69) is 21.2 Å². The molecule has 0 bridgehead atoms. The molecule has 0 amide bonds. The SMILES string of the molecule is Cc1ccc2cc(CN3Cc4nnc(C)n4CC3C(=O)O)ccc2n1. The van der Waals surface area contributed by atoms with Gasteiger partial charge in [0.05, 0.1) is 18.6 Å². The van der Waals surface area contributed by atoms with E-state index >= 15 is 0 Å². The molecule has 1 aliphatic heterocycles. The standard InChI is InChI=1S/C18H19N5O2/c1-11-3-5-14-7-13(4-6-15(14)19-11)8-22-10-17-21-20-12(2)23(17)9-16(22)18(24)25/h3-7,16H,8-10H2,1-2H3,(H,24,25). The van der Waals surface area contributed by atoms with Crippen LogP contribution in [0.1, 0.15) is 22.9 Å². The van der Waals surface area contributed by atoms with Crippen LogP contribution in [0.25, 0.3) is 10.9 Å². The van der Waals surface area contributed by atoms with E-state index in [4.69, 9.17) is 0 Å². The fourth-order valence-electron chi connectivity index (χ4n) is 3.37. The molecule has 0 aliphatic carbocycles. The van der Waals surface area contributed by atoms with Crippen molar-refractivity contribution in [3.8, 4) is 0 Å². The van der Waals surface area contributed by atoms with Gasteiger partial charge in [-0.15, -0.1) is 10.2 Å². The lowest BCUT2D eigenvalue weighted by Gasteiger charge is -2.33. The zero-order valence-electron chi connectivity index (χ0n) is 14.2. The quantitative estimate of drug-likeness (QED) is 0.786. The van der Waals surface area contributed by atoms with Crippen molar-refractivity contribution in [2.45, 2.75) is 39.5 Å². The lowest BCUT2D eigenvalue weighted by atomic mass is 10.1. The number of fused-ring (bicyclic) bond motifs is 2. The maximum absolute atomic E-state index is 11.7. The van der Waals surface area contributed by atoms with Gasteiger partial charge in [-0.2, -0.15) is 0 Å². The molecule has 1 aliphatic rings. The molecule has 1 N–H and O–H groups in total. The molecule has 0 saturated carbocycles. The van der Waals surface area contributed by atoms with E-state index in [1.54, 1.807) is 0 Å². The third-order valence-electron chi connectivity index (χ3n) is 4.72. The molecule has 2 aromatic heterocycles. The number of aromatic nitrogens is 4. The van der Waals surface area contributed by atoms with Crippen molar-refractivity contribution in [3.05, 3.63) is 53.2 Å². The molecule has 1 unspecified atom stereocenters. The number of carboxylic acids is 1. The average Bonchev–Trinajstić information content (AvgIpc) is 2.94. The lowest BCUT2D eigenvalue weighted by molar-refractivity contribution is -0.145. The fourth-order valence-corrected chi connectivity index (χ4v) is 3.37. The van der Waals surface area contributed by atoms with Crippen LogP contribution in [0.5, 0.6) is 0 Å². The molecule has 25 heavy (non-hydrogen) atoms. The molecule has 0 radical (unpaired) electrons. The third-order valence-corrected chi connectivity index (χ3v) is 4.72. The first-order valence-electron chi connectivity index (χ1n) is 8.23. The van der Waals surface area contributed by atoms with Crippen LogP contribution < -0.4 is 0 Å². The van der Waals surface area contributed by atoms with Crippen molar-refractivity contribution >= 4 is 16.9 Å². The van der Waals surface area contributed by atoms with Crippen molar-refractivity contribution in [3.63, 3.8) is 0 Å². The number of rotatable bonds is 3. The third kappa shape index (κ3) is 2.87. The molecule has 4 rings (SSSR count). The molecular formula is C18H19N5O2. The van der Waals surface area contributed by atoms with Gasteiger partial charge >= 0.3 is 5.97 Å². The van der Waals surface area contributed by atoms with Crippen LogP contribution in [0.2, 0.25) is 0 Å². The number of aryl methyl sites for hydroxylation is 2. The molecule has 7 nitrogen and oxygen atoms in total. The molecule has 1 atom stereocenters. The van der Waals surface area contributed by atoms with Crippen LogP contribution in [0.4, 0.5) is 0 Å². The van der Waals surface area contributed by atoms with Crippen LogP contribution >= 0.6 is 0 Å². The Kier molecular flexibility index (Phi) is 3.73. The highest BCUT2D eigenvalue weighted by Gasteiger charge is 2.33. The number of hydrogen-bond donors (Lipinski definition) is 1. The molecular weight excluding hydrogens is 318 g/mol. The van der Waals surface area contributed by atoms with Gasteiger partial charge in [0.1, 0.15) is 17.7 Å². The number of carboxylic acid groups (broad SMARTS) is 1. The average molecular weight is 337 g/mol. The predicted molar refractivity (Wildman–Crippen MR) is 91.9 cm³/mol. The number of hydrogen-bond acceptors (Lipinski definition) is 5. The van der Waals surface area contributed by atoms with E-state index in [-0.39, 0.29) is 0 Å². The van der Waals surface area contributed by atoms with Gasteiger partial charge in [0, 0.05) is 17.6 Å². The van der Waals surface area contributed by atoms with Gasteiger partial charge in [-0.25, -0.2) is 0 Å². The van der Waals surface area contributed by atoms with E-state index in [0.29, 0.717) is 19.6 Å². The number of aliphatic carboxylic acids is 1. The topological polar surface area (TPSA) is 84.1 Å². The molecule has 3 heterocycles. The van der Waals surface area contributed by atoms with Gasteiger partial charge < -0.3 is 9.67 Å². The Labute approximate surface area is 144 Å². The van der Waals surface area contributed by atoms with E-state index in [0.717, 1.165) is 33.8 Å². The summed E-state index contributed by atoms with van der Waals surface area (Å²) in [6.07, 6.45) is 0. The van der Waals surface area contributed by atoms with E-state index in [9.17, 15) is 9.90 Å². The minimum Gasteiger partial charge on any atom is -0.480 e. The Morgan fingerprint density at radius 2 is 2.08 bits per heavy atom. The molecule has 3 aromatic rings. The minimum absolute atomic E-state index is 0.373. The van der Waals surface area contributed by atoms with Crippen molar-refractivity contribution in [2.75, 3.05) is 0 Å². The second-order valence-corrected chi connectivity index (χ2v) is 6.51. The first kappa shape index (κ1) is 15.7. The van der Waals surface area contributed by atoms with Gasteiger partial charge in [0.25, 0.3) is 0 Å². The second kappa shape index (κ2) is 5.93. The molecule has 0 fully saturated rings. The lowest BCUT2D eigenvalue weighted by Crippen LogP contribution is -2.47. The van der Waals surface area contributed by atoms with Crippen molar-refractivity contribution in [1.82, 2.24) is 24.6 Å². The Morgan fingerprint density at radius 3 is 2.88 bits per heavy atom. The number of nitrogens with zero attached hydrogens (tertiary/aromatic N) is 5. The summed E-state index contributed by atoms with van der Waals surface area (Å²) in [5.41, 5.74) is 3.00. The Morgan fingerprint density at radius 1 is 1.24 bits per heavy atom. The highest BCUT2D eigenvalue weighted by molar-refractivity contribution is 5.79. The molecule has 1 aromatic carbocycles. The summed E-state index contributed by atoms with van der Waals surface area (Å²) in [4.78, 5) is 18.2. The summed E-state index contributed by atoms with van der Waals surface area (Å²) >= 11 is 0. The van der Waals surface area contributed by atoms with Crippen molar-refractivity contribution in [2.24, 2.45) is 0 Å². The van der Waals surface area contributed by atoms with Gasteiger partial charge in [-0.1, -0.05) is 12.1 Å². The van der Waals surface area contributed by atoms with Crippen molar-refractivity contribution in [1.29, 1.82) is 0 Å². The smallest absolute Gasteiger partial charge is 0.322 e. The molecule has 0 spiro atoms. The summed E-state index contributed by atoms with van der Waals surface area (Å²) in [5, 5.41) is 18.9. The summed E-state index contributed by atoms with van der Waals surface area (Å²) in [6, 6.07) is 9.52. The van der Waals surface area contributed by atoms with E-state index in [1.807, 2.05) is 47.6 Å². The number of pyridine rings is 1. The fraction of sp³-hybridized carbons (Fsp3) is 0.333. The first-order chi connectivity index (χ1) is 12.0. The summed E-state index contributed by atoms with van der Waals surface area (Å²) in [5.74, 6) is 0.748. The predicted octanol–water partition coefficient (Wildman–Crippen LogP) is 1.91. The monoisotopic (exact) mass is 337 g/mol. The van der Waals surface area contributed by atoms with Gasteiger partial charge in [0.15, 0.2) is 0 Å². The molecule has 0 saturated heterocycles. The largest absolute Gasteiger partial charge is 0.480 e. The van der Waals surface area contributed by atoms with E-state index in [1.165, 1.54) is 0 Å². The first-order valence-corrected chi connectivity index (χ1v) is 8.23. The van der Waals surface area contributed by atoms with E-state index < -0.39 is 12.0 Å². The van der Waals surface area contributed by atoms with Gasteiger partial charge in [-0.3, -0.25) is 14.7 Å². The molecule has 128 valence electrons. The van der Waals surface area contributed by atoms with Crippen LogP contribution in [0, 0.1) is 13.8 Å². The summed E-state index contributed by atoms with van der Waals surface area (Å²) < 4.78 is 1.89. The number of carbonyl (C=O) groups is 1. The Hall–Kier alpha value is -2.80.